The van der Waals surface area contributed by atoms with E-state index < -0.39 is 0 Å². The number of allylic oxidation sites excluding steroid dienone is 4. The van der Waals surface area contributed by atoms with E-state index >= 15 is 0 Å². The fraction of sp³-hybridized carbons (Fsp3) is 0.583. The van der Waals surface area contributed by atoms with Gasteiger partial charge >= 0.3 is 0 Å². The lowest BCUT2D eigenvalue weighted by atomic mass is 10.1. The molecule has 0 heterocycles. The van der Waals surface area contributed by atoms with Crippen molar-refractivity contribution < 1.29 is 0 Å². The van der Waals surface area contributed by atoms with Gasteiger partial charge in [0.2, 0.25) is 0 Å². The number of rotatable bonds is 7. The Labute approximate surface area is 77.4 Å². The van der Waals surface area contributed by atoms with Crippen LogP contribution in [-0.2, 0) is 0 Å². The summed E-state index contributed by atoms with van der Waals surface area (Å²) >= 11 is 0. The van der Waals surface area contributed by atoms with Crippen LogP contribution in [-0.4, -0.2) is 0 Å². The van der Waals surface area contributed by atoms with Crippen molar-refractivity contribution in [3.63, 3.8) is 0 Å². The van der Waals surface area contributed by atoms with Gasteiger partial charge in [0.15, 0.2) is 0 Å². The monoisotopic (exact) mass is 165 g/mol. The first-order chi connectivity index (χ1) is 5.91. The van der Waals surface area contributed by atoms with Crippen LogP contribution in [0.4, 0.5) is 0 Å². The molecule has 0 aromatic rings. The summed E-state index contributed by atoms with van der Waals surface area (Å²) in [4.78, 5) is 0. The zero-order valence-corrected chi connectivity index (χ0v) is 8.42. The van der Waals surface area contributed by atoms with Crippen LogP contribution in [0.1, 0.15) is 46.0 Å². The molecule has 0 saturated heterocycles. The predicted octanol–water partition coefficient (Wildman–Crippen LogP) is 4.29. The molecule has 12 heavy (non-hydrogen) atoms. The first-order valence-corrected chi connectivity index (χ1v) is 4.95. The smallest absolute Gasteiger partial charge is 0.0348 e. The normalized spacial score (nSPS) is 11.8. The molecule has 0 aromatic carbocycles. The lowest BCUT2D eigenvalue weighted by Crippen LogP contribution is -1.77. The Kier molecular flexibility index (Phi) is 10.0. The van der Waals surface area contributed by atoms with Crippen LogP contribution in [0.5, 0.6) is 0 Å². The third-order valence-corrected chi connectivity index (χ3v) is 1.79. The quantitative estimate of drug-likeness (QED) is 0.390. The zero-order chi connectivity index (χ0) is 9.07. The van der Waals surface area contributed by atoms with E-state index in [0.29, 0.717) is 0 Å². The average Bonchev–Trinajstić information content (AvgIpc) is 2.10. The first kappa shape index (κ1) is 11.5. The highest BCUT2D eigenvalue weighted by Gasteiger charge is 1.86. The van der Waals surface area contributed by atoms with Gasteiger partial charge in [0.25, 0.3) is 0 Å². The van der Waals surface area contributed by atoms with Crippen LogP contribution in [0.15, 0.2) is 24.3 Å². The Hall–Kier alpha value is -0.520. The van der Waals surface area contributed by atoms with Crippen molar-refractivity contribution in [3.8, 4) is 0 Å². The molecule has 0 aliphatic carbocycles. The third-order valence-electron chi connectivity index (χ3n) is 1.79. The van der Waals surface area contributed by atoms with Gasteiger partial charge in [-0.3, -0.25) is 0 Å². The van der Waals surface area contributed by atoms with Gasteiger partial charge < -0.3 is 0 Å². The fourth-order valence-corrected chi connectivity index (χ4v) is 1.07. The maximum atomic E-state index is 2.39. The molecule has 69 valence electrons. The maximum absolute atomic E-state index is 2.39. The summed E-state index contributed by atoms with van der Waals surface area (Å²) in [5, 5.41) is 0. The molecule has 0 aliphatic heterocycles. The minimum Gasteiger partial charge on any atom is -0.0917 e. The Morgan fingerprint density at radius 2 is 1.42 bits per heavy atom. The number of unbranched alkanes of at least 4 members (excludes halogenated alkanes) is 5. The van der Waals surface area contributed by atoms with Gasteiger partial charge in [0.1, 0.15) is 0 Å². The second-order valence-electron chi connectivity index (χ2n) is 2.94. The highest BCUT2D eigenvalue weighted by atomic mass is 13.9. The standard InChI is InChI=1S/C12H21/c1-3-5-7-9-11-12-10-8-6-4-2/h3-6,11H,7-10,12H2,1-2H3/b5-3-,6-4+. The molecule has 0 nitrogen and oxygen atoms in total. The molecule has 0 heteroatoms. The second-order valence-corrected chi connectivity index (χ2v) is 2.94. The van der Waals surface area contributed by atoms with Crippen molar-refractivity contribution in [3.05, 3.63) is 30.7 Å². The Balaban J connectivity index is 2.91. The van der Waals surface area contributed by atoms with Gasteiger partial charge in [-0.05, 0) is 52.4 Å². The van der Waals surface area contributed by atoms with Crippen LogP contribution in [0, 0.1) is 6.42 Å². The molecule has 0 fully saturated rings. The highest BCUT2D eigenvalue weighted by molar-refractivity contribution is 4.81. The highest BCUT2D eigenvalue weighted by Crippen LogP contribution is 2.04. The summed E-state index contributed by atoms with van der Waals surface area (Å²) in [6.45, 7) is 4.15. The van der Waals surface area contributed by atoms with Gasteiger partial charge in [-0.15, -0.1) is 0 Å². The topological polar surface area (TPSA) is 0 Å². The fourth-order valence-electron chi connectivity index (χ4n) is 1.07. The van der Waals surface area contributed by atoms with Crippen LogP contribution >= 0.6 is 0 Å². The molecule has 0 bridgehead atoms. The average molecular weight is 165 g/mol. The molecule has 0 aliphatic rings. The van der Waals surface area contributed by atoms with Crippen LogP contribution < -0.4 is 0 Å². The van der Waals surface area contributed by atoms with Crippen LogP contribution in [0.25, 0.3) is 0 Å². The van der Waals surface area contributed by atoms with E-state index in [1.807, 2.05) is 0 Å². The van der Waals surface area contributed by atoms with E-state index in [1.165, 1.54) is 32.1 Å². The Morgan fingerprint density at radius 1 is 0.750 bits per heavy atom. The summed E-state index contributed by atoms with van der Waals surface area (Å²) in [5.74, 6) is 0. The molecule has 0 N–H and O–H groups in total. The summed E-state index contributed by atoms with van der Waals surface area (Å²) in [5.41, 5.74) is 0. The molecule has 0 amide bonds. The Morgan fingerprint density at radius 3 is 2.08 bits per heavy atom. The zero-order valence-electron chi connectivity index (χ0n) is 8.42. The van der Waals surface area contributed by atoms with Gasteiger partial charge in [-0.2, -0.15) is 0 Å². The van der Waals surface area contributed by atoms with Crippen molar-refractivity contribution >= 4 is 0 Å². The van der Waals surface area contributed by atoms with Crippen molar-refractivity contribution in [2.24, 2.45) is 0 Å². The minimum atomic E-state index is 1.21. The van der Waals surface area contributed by atoms with Crippen molar-refractivity contribution in [2.45, 2.75) is 46.0 Å². The van der Waals surface area contributed by atoms with Crippen molar-refractivity contribution in [1.82, 2.24) is 0 Å². The summed E-state index contributed by atoms with van der Waals surface area (Å²) in [6, 6.07) is 0. The molecule has 0 aromatic heterocycles. The number of hydrogen-bond acceptors (Lipinski definition) is 0. The molecule has 0 saturated carbocycles. The summed E-state index contributed by atoms with van der Waals surface area (Å²) in [7, 11) is 0. The van der Waals surface area contributed by atoms with Gasteiger partial charge in [-0.25, -0.2) is 0 Å². The SMILES string of the molecule is C/C=C\CC[CH]CCC/C=C/C. The van der Waals surface area contributed by atoms with Gasteiger partial charge in [-0.1, -0.05) is 24.3 Å². The second kappa shape index (κ2) is 10.5. The predicted molar refractivity (Wildman–Crippen MR) is 57.0 cm³/mol. The first-order valence-electron chi connectivity index (χ1n) is 4.95. The van der Waals surface area contributed by atoms with Crippen LogP contribution in [0.3, 0.4) is 0 Å². The summed E-state index contributed by atoms with van der Waals surface area (Å²) in [6.07, 6.45) is 17.3. The molecule has 0 atom stereocenters. The molecule has 0 spiro atoms. The van der Waals surface area contributed by atoms with E-state index in [2.05, 4.69) is 44.6 Å². The van der Waals surface area contributed by atoms with Crippen LogP contribution in [0.2, 0.25) is 0 Å². The van der Waals surface area contributed by atoms with E-state index in [4.69, 9.17) is 0 Å². The summed E-state index contributed by atoms with van der Waals surface area (Å²) < 4.78 is 0. The van der Waals surface area contributed by atoms with E-state index in [0.717, 1.165) is 0 Å². The van der Waals surface area contributed by atoms with E-state index in [1.54, 1.807) is 0 Å². The van der Waals surface area contributed by atoms with Crippen molar-refractivity contribution in [1.29, 1.82) is 0 Å². The minimum absolute atomic E-state index is 1.21. The molecular weight excluding hydrogens is 144 g/mol. The molecule has 0 unspecified atom stereocenters. The third kappa shape index (κ3) is 9.48. The van der Waals surface area contributed by atoms with Gasteiger partial charge in [0.05, 0.1) is 0 Å². The van der Waals surface area contributed by atoms with E-state index in [-0.39, 0.29) is 0 Å². The van der Waals surface area contributed by atoms with E-state index in [9.17, 15) is 0 Å². The van der Waals surface area contributed by atoms with Gasteiger partial charge in [0, 0.05) is 0 Å². The largest absolute Gasteiger partial charge is 0.0917 e. The molecule has 0 rings (SSSR count). The van der Waals surface area contributed by atoms with Crippen molar-refractivity contribution in [2.75, 3.05) is 0 Å². The number of hydrogen-bond donors (Lipinski definition) is 0. The lowest BCUT2D eigenvalue weighted by molar-refractivity contribution is 0.778. The lowest BCUT2D eigenvalue weighted by Gasteiger charge is -1.95. The maximum Gasteiger partial charge on any atom is -0.0348 e. The Bertz CT molecular complexity index is 104. The molecule has 1 radical (unpaired) electrons. The molecular formula is C12H21.